The average molecular weight is 453 g/mol. The molecule has 11 heteroatoms. The number of sulfone groups is 1. The zero-order valence-corrected chi connectivity index (χ0v) is 16.8. The Kier molecular flexibility index (Phi) is 6.64. The minimum absolute atomic E-state index is 0.104. The van der Waals surface area contributed by atoms with Crippen LogP contribution in [0.4, 0.5) is 19.0 Å². The molecule has 0 aliphatic carbocycles. The van der Waals surface area contributed by atoms with Gasteiger partial charge in [0.15, 0.2) is 15.6 Å². The number of amides is 1. The second kappa shape index (κ2) is 9.21. The molecule has 0 spiro atoms. The van der Waals surface area contributed by atoms with Gasteiger partial charge in [-0.25, -0.2) is 13.4 Å². The summed E-state index contributed by atoms with van der Waals surface area (Å²) in [6.45, 7) is 0.287. The largest absolute Gasteiger partial charge is 0.459 e. The highest BCUT2D eigenvalue weighted by Crippen LogP contribution is 2.28. The Morgan fingerprint density at radius 2 is 1.77 bits per heavy atom. The van der Waals surface area contributed by atoms with Crippen LogP contribution in [0.3, 0.4) is 0 Å². The molecule has 1 amide bonds. The third kappa shape index (κ3) is 5.85. The van der Waals surface area contributed by atoms with Crippen LogP contribution in [0.15, 0.2) is 70.3 Å². The van der Waals surface area contributed by atoms with Crippen molar-refractivity contribution in [3.63, 3.8) is 0 Å². The average Bonchev–Trinajstić information content (AvgIpc) is 3.19. The molecular formula is C20H18F3N3O4S. The number of nitrogens with one attached hydrogen (secondary N) is 2. The molecule has 0 saturated carbocycles. The van der Waals surface area contributed by atoms with E-state index in [-0.39, 0.29) is 35.1 Å². The summed E-state index contributed by atoms with van der Waals surface area (Å²) in [7, 11) is -3.66. The molecular weight excluding hydrogens is 435 g/mol. The van der Waals surface area contributed by atoms with Gasteiger partial charge in [0.2, 0.25) is 0 Å². The van der Waals surface area contributed by atoms with Crippen LogP contribution in [-0.4, -0.2) is 32.4 Å². The lowest BCUT2D eigenvalue weighted by Gasteiger charge is -2.09. The summed E-state index contributed by atoms with van der Waals surface area (Å²) in [4.78, 5) is 16.1. The fourth-order valence-electron chi connectivity index (χ4n) is 2.68. The normalized spacial score (nSPS) is 11.8. The van der Waals surface area contributed by atoms with Gasteiger partial charge in [0, 0.05) is 24.8 Å². The lowest BCUT2D eigenvalue weighted by molar-refractivity contribution is -0.137. The Balaban J connectivity index is 1.53. The summed E-state index contributed by atoms with van der Waals surface area (Å²) in [5.74, 6) is -0.906. The number of furan rings is 1. The number of carbonyl (C=O) groups is 1. The second-order valence-corrected chi connectivity index (χ2v) is 8.45. The first-order valence-corrected chi connectivity index (χ1v) is 10.7. The van der Waals surface area contributed by atoms with E-state index in [2.05, 4.69) is 15.6 Å². The van der Waals surface area contributed by atoms with Gasteiger partial charge < -0.3 is 15.1 Å². The molecule has 0 aliphatic heterocycles. The molecule has 164 valence electrons. The highest BCUT2D eigenvalue weighted by atomic mass is 32.2. The van der Waals surface area contributed by atoms with Crippen LogP contribution in [-0.2, 0) is 21.8 Å². The zero-order chi connectivity index (χ0) is 22.5. The molecule has 3 rings (SSSR count). The maximum absolute atomic E-state index is 12.5. The number of halogens is 3. The predicted octanol–water partition coefficient (Wildman–Crippen LogP) is 3.51. The van der Waals surface area contributed by atoms with Crippen molar-refractivity contribution in [1.82, 2.24) is 10.3 Å². The number of aromatic nitrogens is 1. The summed E-state index contributed by atoms with van der Waals surface area (Å²) in [5.41, 5.74) is -0.638. The standard InChI is InChI=1S/C20H18F3N3O4S/c21-20(22,23)15-6-7-17(26-12-15)24-9-10-25-19(27)18-14(8-11-30-18)13-31(28,29)16-4-2-1-3-5-16/h1-8,11-12H,9-10,13H2,(H,24,26)(H,25,27). The van der Waals surface area contributed by atoms with Crippen LogP contribution >= 0.6 is 0 Å². The number of hydrogen-bond donors (Lipinski definition) is 2. The van der Waals surface area contributed by atoms with E-state index in [1.807, 2.05) is 0 Å². The van der Waals surface area contributed by atoms with Gasteiger partial charge >= 0.3 is 6.18 Å². The van der Waals surface area contributed by atoms with Gasteiger partial charge in [-0.2, -0.15) is 13.2 Å². The lowest BCUT2D eigenvalue weighted by Crippen LogP contribution is -2.29. The van der Waals surface area contributed by atoms with Crippen molar-refractivity contribution >= 4 is 21.6 Å². The number of hydrogen-bond acceptors (Lipinski definition) is 6. The smallest absolute Gasteiger partial charge is 0.417 e. The van der Waals surface area contributed by atoms with Gasteiger partial charge in [0.05, 0.1) is 22.5 Å². The van der Waals surface area contributed by atoms with Crippen molar-refractivity contribution in [2.75, 3.05) is 18.4 Å². The molecule has 0 unspecified atom stereocenters. The summed E-state index contributed by atoms with van der Waals surface area (Å²) < 4.78 is 67.8. The van der Waals surface area contributed by atoms with Crippen molar-refractivity contribution in [3.05, 3.63) is 77.9 Å². The van der Waals surface area contributed by atoms with Crippen LogP contribution < -0.4 is 10.6 Å². The van der Waals surface area contributed by atoms with Crippen molar-refractivity contribution in [3.8, 4) is 0 Å². The first-order chi connectivity index (χ1) is 14.7. The first kappa shape index (κ1) is 22.3. The molecule has 1 aromatic carbocycles. The number of carbonyl (C=O) groups excluding carboxylic acids is 1. The third-order valence-corrected chi connectivity index (χ3v) is 5.89. The minimum atomic E-state index is -4.46. The zero-order valence-electron chi connectivity index (χ0n) is 16.0. The summed E-state index contributed by atoms with van der Waals surface area (Å²) in [5, 5.41) is 5.34. The van der Waals surface area contributed by atoms with E-state index in [4.69, 9.17) is 4.42 Å². The van der Waals surface area contributed by atoms with Crippen molar-refractivity contribution in [2.45, 2.75) is 16.8 Å². The summed E-state index contributed by atoms with van der Waals surface area (Å²) >= 11 is 0. The van der Waals surface area contributed by atoms with Crippen molar-refractivity contribution in [1.29, 1.82) is 0 Å². The highest BCUT2D eigenvalue weighted by Gasteiger charge is 2.30. The van der Waals surface area contributed by atoms with Crippen LogP contribution in [0.2, 0.25) is 0 Å². The van der Waals surface area contributed by atoms with E-state index in [0.717, 1.165) is 6.07 Å². The molecule has 0 radical (unpaired) electrons. The summed E-state index contributed by atoms with van der Waals surface area (Å²) in [6, 6.07) is 11.3. The molecule has 0 bridgehead atoms. The molecule has 2 aromatic heterocycles. The fourth-order valence-corrected chi connectivity index (χ4v) is 4.05. The second-order valence-electron chi connectivity index (χ2n) is 6.46. The minimum Gasteiger partial charge on any atom is -0.459 e. The third-order valence-electron chi connectivity index (χ3n) is 4.21. The SMILES string of the molecule is O=C(NCCNc1ccc(C(F)(F)F)cn1)c1occc1CS(=O)(=O)c1ccccc1. The van der Waals surface area contributed by atoms with E-state index < -0.39 is 33.2 Å². The lowest BCUT2D eigenvalue weighted by atomic mass is 10.2. The Hall–Kier alpha value is -3.34. The van der Waals surface area contributed by atoms with Crippen LogP contribution in [0.5, 0.6) is 0 Å². The molecule has 3 aromatic rings. The number of nitrogens with zero attached hydrogens (tertiary/aromatic N) is 1. The number of alkyl halides is 3. The van der Waals surface area contributed by atoms with Gasteiger partial charge in [-0.15, -0.1) is 0 Å². The maximum Gasteiger partial charge on any atom is 0.417 e. The van der Waals surface area contributed by atoms with E-state index in [9.17, 15) is 26.4 Å². The first-order valence-electron chi connectivity index (χ1n) is 9.06. The Labute approximate surface area is 176 Å². The van der Waals surface area contributed by atoms with Gasteiger partial charge in [-0.3, -0.25) is 4.79 Å². The quantitative estimate of drug-likeness (QED) is 0.506. The monoisotopic (exact) mass is 453 g/mol. The number of anilines is 1. The maximum atomic E-state index is 12.5. The van der Waals surface area contributed by atoms with Crippen molar-refractivity contribution in [2.24, 2.45) is 0 Å². The number of rotatable bonds is 8. The fraction of sp³-hybridized carbons (Fsp3) is 0.200. The molecule has 0 saturated heterocycles. The van der Waals surface area contributed by atoms with E-state index in [1.165, 1.54) is 30.5 Å². The molecule has 0 atom stereocenters. The van der Waals surface area contributed by atoms with Crippen molar-refractivity contribution < 1.29 is 30.8 Å². The van der Waals surface area contributed by atoms with Gasteiger partial charge in [0.1, 0.15) is 5.82 Å². The molecule has 0 aliphatic rings. The number of benzene rings is 1. The summed E-state index contributed by atoms with van der Waals surface area (Å²) in [6.07, 6.45) is -2.52. The molecule has 2 N–H and O–H groups in total. The predicted molar refractivity (Wildman–Crippen MR) is 106 cm³/mol. The van der Waals surface area contributed by atoms with Gasteiger partial charge in [-0.1, -0.05) is 18.2 Å². The van der Waals surface area contributed by atoms with E-state index >= 15 is 0 Å². The van der Waals surface area contributed by atoms with Crippen LogP contribution in [0.25, 0.3) is 0 Å². The Morgan fingerprint density at radius 1 is 1.03 bits per heavy atom. The molecule has 7 nitrogen and oxygen atoms in total. The molecule has 0 fully saturated rings. The molecule has 31 heavy (non-hydrogen) atoms. The van der Waals surface area contributed by atoms with E-state index in [0.29, 0.717) is 6.20 Å². The molecule has 2 heterocycles. The Bertz CT molecular complexity index is 1130. The van der Waals surface area contributed by atoms with Gasteiger partial charge in [0.25, 0.3) is 5.91 Å². The van der Waals surface area contributed by atoms with Gasteiger partial charge in [-0.05, 0) is 30.3 Å². The van der Waals surface area contributed by atoms with Crippen LogP contribution in [0, 0.1) is 0 Å². The highest BCUT2D eigenvalue weighted by molar-refractivity contribution is 7.90. The topological polar surface area (TPSA) is 101 Å². The number of pyridine rings is 1. The van der Waals surface area contributed by atoms with E-state index in [1.54, 1.807) is 18.2 Å². The van der Waals surface area contributed by atoms with Crippen LogP contribution in [0.1, 0.15) is 21.7 Å². The Morgan fingerprint density at radius 3 is 2.42 bits per heavy atom.